The minimum Gasteiger partial charge on any atom is -0.371 e. The third-order valence-corrected chi connectivity index (χ3v) is 6.57. The predicted octanol–water partition coefficient (Wildman–Crippen LogP) is 4.12. The van der Waals surface area contributed by atoms with E-state index in [1.807, 2.05) is 18.3 Å². The number of amides is 2. The van der Waals surface area contributed by atoms with Gasteiger partial charge in [-0.1, -0.05) is 6.58 Å². The molecule has 0 aromatic carbocycles. The van der Waals surface area contributed by atoms with E-state index in [1.165, 1.54) is 17.7 Å². The van der Waals surface area contributed by atoms with Crippen molar-refractivity contribution in [3.05, 3.63) is 55.3 Å². The summed E-state index contributed by atoms with van der Waals surface area (Å²) < 4.78 is 0. The van der Waals surface area contributed by atoms with Crippen molar-refractivity contribution in [1.82, 2.24) is 44.9 Å². The second-order valence-corrected chi connectivity index (χ2v) is 9.29. The average molecular weight is 495 g/mol. The van der Waals surface area contributed by atoms with Gasteiger partial charge in [-0.3, -0.25) is 15.1 Å². The molecule has 0 unspecified atom stereocenters. The maximum atomic E-state index is 12.1. The van der Waals surface area contributed by atoms with Crippen LogP contribution in [0.3, 0.4) is 0 Å². The Morgan fingerprint density at radius 1 is 1.05 bits per heavy atom. The van der Waals surface area contributed by atoms with Crippen LogP contribution in [-0.2, 0) is 0 Å². The highest BCUT2D eigenvalue weighted by atomic mass is 16.2. The van der Waals surface area contributed by atoms with Gasteiger partial charge in [-0.15, -0.1) is 0 Å². The maximum absolute atomic E-state index is 12.1. The molecular weight excluding hydrogens is 468 g/mol. The number of hydrogen-bond donors (Lipinski definition) is 3. The number of anilines is 1. The lowest BCUT2D eigenvalue weighted by Crippen LogP contribution is -2.27. The highest BCUT2D eigenvalue weighted by Crippen LogP contribution is 2.32. The number of nitrogens with zero attached hydrogens (tertiary/aromatic N) is 7. The number of H-pyrrole nitrogens is 2. The number of imidazole rings is 1. The lowest BCUT2D eigenvalue weighted by Gasteiger charge is -2.20. The molecule has 1 saturated heterocycles. The highest BCUT2D eigenvalue weighted by Gasteiger charge is 2.20. The Balaban J connectivity index is 1.38. The molecule has 6 heterocycles. The van der Waals surface area contributed by atoms with Gasteiger partial charge < -0.3 is 20.1 Å². The van der Waals surface area contributed by atoms with Crippen LogP contribution < -0.4 is 5.32 Å². The molecule has 0 atom stereocenters. The summed E-state index contributed by atoms with van der Waals surface area (Å²) >= 11 is 0. The first-order valence-corrected chi connectivity index (χ1v) is 12.0. The van der Waals surface area contributed by atoms with Gasteiger partial charge in [0.05, 0.1) is 29.0 Å². The van der Waals surface area contributed by atoms with E-state index in [0.717, 1.165) is 57.6 Å². The van der Waals surface area contributed by atoms with Crippen LogP contribution in [0.2, 0.25) is 0 Å². The molecule has 5 aromatic heterocycles. The fraction of sp³-hybridized carbons (Fsp3) is 0.231. The number of likely N-dealkylation sites (tertiary alicyclic amines) is 1. The summed E-state index contributed by atoms with van der Waals surface area (Å²) in [5.74, 6) is 0.644. The zero-order valence-corrected chi connectivity index (χ0v) is 20.6. The first-order valence-electron chi connectivity index (χ1n) is 12.0. The van der Waals surface area contributed by atoms with Crippen molar-refractivity contribution in [3.8, 4) is 22.6 Å². The number of carbonyl (C=O) groups excluding carboxylic acids is 1. The van der Waals surface area contributed by atoms with E-state index in [-0.39, 0.29) is 6.03 Å². The number of urea groups is 1. The van der Waals surface area contributed by atoms with E-state index in [1.54, 1.807) is 38.9 Å². The zero-order chi connectivity index (χ0) is 25.5. The Labute approximate surface area is 212 Å². The molecule has 6 rings (SSSR count). The van der Waals surface area contributed by atoms with Gasteiger partial charge in [0.25, 0.3) is 0 Å². The monoisotopic (exact) mass is 494 g/mol. The Bertz CT molecular complexity index is 1640. The standard InChI is InChI=1S/C26H26N10O/c1-15(36-6-4-5-7-36)20-13-28-14-21-22(20)32-25(31-21)23-19-9-17(11-29-24(19)34-33-23)16-8-18(12-27-10-16)30-26(37)35(2)3/h8-14H,1,4-7H2,2-3H3,(H,30,37)(H,31,32)(H,29,33,34). The van der Waals surface area contributed by atoms with Crippen LogP contribution in [0.25, 0.3) is 50.4 Å². The Kier molecular flexibility index (Phi) is 5.52. The minimum absolute atomic E-state index is 0.226. The van der Waals surface area contributed by atoms with Crippen LogP contribution in [0.5, 0.6) is 0 Å². The van der Waals surface area contributed by atoms with E-state index >= 15 is 0 Å². The molecule has 186 valence electrons. The third-order valence-electron chi connectivity index (χ3n) is 6.57. The van der Waals surface area contributed by atoms with Crippen LogP contribution in [0.1, 0.15) is 18.4 Å². The van der Waals surface area contributed by atoms with Crippen molar-refractivity contribution in [2.45, 2.75) is 12.8 Å². The molecule has 0 spiro atoms. The van der Waals surface area contributed by atoms with E-state index in [4.69, 9.17) is 4.98 Å². The van der Waals surface area contributed by atoms with Crippen LogP contribution >= 0.6 is 0 Å². The summed E-state index contributed by atoms with van der Waals surface area (Å²) in [5, 5.41) is 11.1. The van der Waals surface area contributed by atoms with Crippen molar-refractivity contribution >= 4 is 39.5 Å². The molecule has 11 nitrogen and oxygen atoms in total. The first-order chi connectivity index (χ1) is 18.0. The van der Waals surface area contributed by atoms with Gasteiger partial charge in [0, 0.05) is 68.2 Å². The summed E-state index contributed by atoms with van der Waals surface area (Å²) in [4.78, 5) is 37.3. The molecule has 0 aliphatic carbocycles. The normalized spacial score (nSPS) is 13.4. The average Bonchev–Trinajstić information content (AvgIpc) is 3.67. The molecule has 0 bridgehead atoms. The number of nitrogens with one attached hydrogen (secondary N) is 3. The second kappa shape index (κ2) is 9.01. The van der Waals surface area contributed by atoms with Crippen LogP contribution in [0.15, 0.2) is 49.7 Å². The summed E-state index contributed by atoms with van der Waals surface area (Å²) in [7, 11) is 3.37. The fourth-order valence-electron chi connectivity index (χ4n) is 4.56. The maximum Gasteiger partial charge on any atom is 0.321 e. The Morgan fingerprint density at radius 2 is 1.84 bits per heavy atom. The lowest BCUT2D eigenvalue weighted by molar-refractivity contribution is 0.230. The minimum atomic E-state index is -0.226. The number of fused-ring (bicyclic) bond motifs is 2. The third kappa shape index (κ3) is 4.14. The summed E-state index contributed by atoms with van der Waals surface area (Å²) in [6, 6.07) is 3.63. The largest absolute Gasteiger partial charge is 0.371 e. The van der Waals surface area contributed by atoms with Gasteiger partial charge in [-0.25, -0.2) is 14.8 Å². The van der Waals surface area contributed by atoms with Gasteiger partial charge in [0.1, 0.15) is 11.2 Å². The zero-order valence-electron chi connectivity index (χ0n) is 20.6. The summed E-state index contributed by atoms with van der Waals surface area (Å²) in [5.41, 5.74) is 7.07. The molecule has 1 fully saturated rings. The van der Waals surface area contributed by atoms with E-state index in [9.17, 15) is 4.79 Å². The molecule has 0 radical (unpaired) electrons. The van der Waals surface area contributed by atoms with Crippen LogP contribution in [0, 0.1) is 0 Å². The number of pyridine rings is 3. The van der Waals surface area contributed by atoms with Crippen molar-refractivity contribution in [3.63, 3.8) is 0 Å². The topological polar surface area (TPSA) is 132 Å². The molecule has 3 N–H and O–H groups in total. The molecular formula is C26H26N10O. The first kappa shape index (κ1) is 22.7. The fourth-order valence-corrected chi connectivity index (χ4v) is 4.56. The molecule has 0 saturated carbocycles. The van der Waals surface area contributed by atoms with Crippen LogP contribution in [0.4, 0.5) is 10.5 Å². The summed E-state index contributed by atoms with van der Waals surface area (Å²) in [6.07, 6.45) is 11.0. The number of aromatic nitrogens is 7. The molecule has 1 aliphatic rings. The number of rotatable bonds is 5. The molecule has 1 aliphatic heterocycles. The van der Waals surface area contributed by atoms with Crippen molar-refractivity contribution in [1.29, 1.82) is 0 Å². The Hall–Kier alpha value is -4.80. The molecule has 2 amide bonds. The molecule has 11 heteroatoms. The van der Waals surface area contributed by atoms with Crippen molar-refractivity contribution in [2.24, 2.45) is 0 Å². The van der Waals surface area contributed by atoms with Crippen molar-refractivity contribution in [2.75, 3.05) is 32.5 Å². The Morgan fingerprint density at radius 3 is 2.65 bits per heavy atom. The lowest BCUT2D eigenvalue weighted by atomic mass is 10.1. The van der Waals surface area contributed by atoms with Gasteiger partial charge in [0.15, 0.2) is 11.5 Å². The number of aromatic amines is 2. The SMILES string of the molecule is C=C(c1cncc2[nH]c(-c3[nH]nc4ncc(-c5cncc(NC(=O)N(C)C)c5)cc34)nc12)N1CCCC1. The van der Waals surface area contributed by atoms with Crippen LogP contribution in [-0.4, -0.2) is 78.1 Å². The number of hydrogen-bond acceptors (Lipinski definition) is 7. The highest BCUT2D eigenvalue weighted by molar-refractivity contribution is 5.95. The summed E-state index contributed by atoms with van der Waals surface area (Å²) in [6.45, 7) is 6.33. The molecule has 5 aromatic rings. The smallest absolute Gasteiger partial charge is 0.321 e. The van der Waals surface area contributed by atoms with Gasteiger partial charge in [0.2, 0.25) is 0 Å². The van der Waals surface area contributed by atoms with Gasteiger partial charge in [-0.05, 0) is 25.0 Å². The quantitative estimate of drug-likeness (QED) is 0.335. The second-order valence-electron chi connectivity index (χ2n) is 9.29. The van der Waals surface area contributed by atoms with E-state index in [2.05, 4.69) is 46.9 Å². The van der Waals surface area contributed by atoms with Gasteiger partial charge >= 0.3 is 6.03 Å². The van der Waals surface area contributed by atoms with Gasteiger partial charge in [-0.2, -0.15) is 5.10 Å². The van der Waals surface area contributed by atoms with E-state index < -0.39 is 0 Å². The predicted molar refractivity (Wildman–Crippen MR) is 143 cm³/mol. The number of carbonyl (C=O) groups is 1. The van der Waals surface area contributed by atoms with Crippen molar-refractivity contribution < 1.29 is 4.79 Å². The molecule has 37 heavy (non-hydrogen) atoms. The van der Waals surface area contributed by atoms with E-state index in [0.29, 0.717) is 17.2 Å².